The van der Waals surface area contributed by atoms with Crippen molar-refractivity contribution < 1.29 is 9.59 Å². The van der Waals surface area contributed by atoms with E-state index in [9.17, 15) is 9.59 Å². The van der Waals surface area contributed by atoms with Gasteiger partial charge in [-0.15, -0.1) is 0 Å². The van der Waals surface area contributed by atoms with Crippen molar-refractivity contribution in [2.45, 2.75) is 108 Å². The number of likely N-dealkylation sites (tertiary alicyclic amines) is 2. The molecule has 2 saturated carbocycles. The van der Waals surface area contributed by atoms with Crippen LogP contribution in [0.25, 0.3) is 33.6 Å². The molecule has 4 fully saturated rings. The molecule has 0 spiro atoms. The Balaban J connectivity index is 0.793. The van der Waals surface area contributed by atoms with Crippen molar-refractivity contribution in [2.24, 2.45) is 0 Å². The molecular formula is C53H58N8O2. The van der Waals surface area contributed by atoms with Gasteiger partial charge in [0, 0.05) is 25.2 Å². The smallest absolute Gasteiger partial charge is 0.245 e. The summed E-state index contributed by atoms with van der Waals surface area (Å²) in [6.07, 6.45) is 13.1. The molecule has 11 rings (SSSR count). The molecule has 2 N–H and O–H groups in total. The number of amides is 2. The fourth-order valence-electron chi connectivity index (χ4n) is 11.1. The molecule has 0 unspecified atom stereocenters. The Bertz CT molecular complexity index is 2430. The van der Waals surface area contributed by atoms with Crippen LogP contribution in [-0.4, -0.2) is 89.6 Å². The lowest BCUT2D eigenvalue weighted by molar-refractivity contribution is -0.139. The number of rotatable bonds is 14. The van der Waals surface area contributed by atoms with Gasteiger partial charge in [-0.1, -0.05) is 98.8 Å². The first-order chi connectivity index (χ1) is 31.0. The number of H-pyrrole nitrogens is 2. The van der Waals surface area contributed by atoms with Crippen LogP contribution in [-0.2, 0) is 16.0 Å². The van der Waals surface area contributed by atoms with Crippen molar-refractivity contribution in [3.8, 4) is 33.6 Å². The molecule has 5 aliphatic rings. The van der Waals surface area contributed by atoms with E-state index >= 15 is 0 Å². The van der Waals surface area contributed by atoms with Crippen LogP contribution in [0.5, 0.6) is 0 Å². The normalized spacial score (nSPS) is 20.4. The van der Waals surface area contributed by atoms with Gasteiger partial charge in [0.05, 0.1) is 35.9 Å². The quantitative estimate of drug-likeness (QED) is 0.113. The number of imidazole rings is 2. The number of nitrogens with zero attached hydrogens (tertiary/aromatic N) is 6. The zero-order chi connectivity index (χ0) is 42.6. The lowest BCUT2D eigenvalue weighted by Crippen LogP contribution is -2.44. The summed E-state index contributed by atoms with van der Waals surface area (Å²) in [6.45, 7) is 7.55. The zero-order valence-corrected chi connectivity index (χ0v) is 36.5. The van der Waals surface area contributed by atoms with Crippen LogP contribution >= 0.6 is 0 Å². The minimum Gasteiger partial charge on any atom is -0.340 e. The van der Waals surface area contributed by atoms with Gasteiger partial charge < -0.3 is 19.8 Å². The number of benzene rings is 4. The fourth-order valence-corrected chi connectivity index (χ4v) is 11.1. The molecule has 2 aliphatic heterocycles. The van der Waals surface area contributed by atoms with Crippen LogP contribution in [0.15, 0.2) is 109 Å². The lowest BCUT2D eigenvalue weighted by Gasteiger charge is -2.35. The Morgan fingerprint density at radius 3 is 1.43 bits per heavy atom. The Hall–Kier alpha value is -5.84. The number of nitrogens with one attached hydrogen (secondary N) is 2. The van der Waals surface area contributed by atoms with Crippen LogP contribution in [0, 0.1) is 0 Å². The fraction of sp³-hybridized carbons (Fsp3) is 0.396. The largest absolute Gasteiger partial charge is 0.340 e. The summed E-state index contributed by atoms with van der Waals surface area (Å²) in [6, 6.07) is 34.4. The molecule has 10 heteroatoms. The van der Waals surface area contributed by atoms with Crippen molar-refractivity contribution in [2.75, 3.05) is 26.2 Å². The van der Waals surface area contributed by atoms with E-state index in [1.807, 2.05) is 48.8 Å². The first-order valence-corrected chi connectivity index (χ1v) is 23.6. The number of hydrogen-bond acceptors (Lipinski definition) is 6. The van der Waals surface area contributed by atoms with Crippen LogP contribution in [0.1, 0.15) is 123 Å². The Morgan fingerprint density at radius 1 is 0.603 bits per heavy atom. The molecule has 4 atom stereocenters. The van der Waals surface area contributed by atoms with Crippen molar-refractivity contribution in [3.05, 3.63) is 143 Å². The summed E-state index contributed by atoms with van der Waals surface area (Å²) in [5.74, 6) is 2.11. The summed E-state index contributed by atoms with van der Waals surface area (Å²) < 4.78 is 0. The lowest BCUT2D eigenvalue weighted by atomic mass is 10.0. The molecule has 63 heavy (non-hydrogen) atoms. The molecule has 2 saturated heterocycles. The van der Waals surface area contributed by atoms with Gasteiger partial charge in [0.15, 0.2) is 0 Å². The Kier molecular flexibility index (Phi) is 10.6. The monoisotopic (exact) mass is 838 g/mol. The number of fused-ring (bicyclic) bond motifs is 3. The van der Waals surface area contributed by atoms with E-state index in [-0.39, 0.29) is 36.0 Å². The molecule has 3 aliphatic carbocycles. The molecule has 0 bridgehead atoms. The van der Waals surface area contributed by atoms with E-state index in [4.69, 9.17) is 9.97 Å². The number of aromatic amines is 2. The maximum Gasteiger partial charge on any atom is 0.245 e. The molecule has 10 nitrogen and oxygen atoms in total. The van der Waals surface area contributed by atoms with Crippen LogP contribution in [0.4, 0.5) is 0 Å². The second kappa shape index (κ2) is 16.7. The average molecular weight is 839 g/mol. The highest BCUT2D eigenvalue weighted by Gasteiger charge is 2.44. The number of hydrogen-bond donors (Lipinski definition) is 2. The summed E-state index contributed by atoms with van der Waals surface area (Å²) in [7, 11) is 0. The van der Waals surface area contributed by atoms with E-state index in [1.54, 1.807) is 0 Å². The second-order valence-electron chi connectivity index (χ2n) is 18.4. The van der Waals surface area contributed by atoms with Crippen molar-refractivity contribution in [1.29, 1.82) is 0 Å². The van der Waals surface area contributed by atoms with Gasteiger partial charge in [0.1, 0.15) is 23.7 Å². The van der Waals surface area contributed by atoms with Crippen LogP contribution in [0.2, 0.25) is 0 Å². The standard InChI is InChI=1S/C53H58N8O2/c1-3-58(40-21-22-40)48(34-13-7-5-8-14-34)52(62)60-27-11-17-46(60)50-54-32-44(56-50)36-19-25-42-38(29-36)31-39-30-37(20-26-43(39)42)45-33-55-51(57-45)47-18-12-28-61(47)53(63)49(35-15-9-6-10-16-35)59(4-2)41-23-24-41/h5-10,13-16,19-20,25-26,29-30,32-33,40-41,46-49H,3-4,11-12,17-18,21-24,27-28,31H2,1-2H3,(H,54,56)(H,55,57)/t46-,47-,48+,49+/m1/s1. The number of aromatic nitrogens is 4. The van der Waals surface area contributed by atoms with E-state index in [0.29, 0.717) is 12.1 Å². The summed E-state index contributed by atoms with van der Waals surface area (Å²) >= 11 is 0. The minimum atomic E-state index is -0.275. The third-order valence-corrected chi connectivity index (χ3v) is 14.5. The molecule has 6 aromatic rings. The Labute approximate surface area is 370 Å². The average Bonchev–Trinajstić information content (AvgIpc) is 3.93. The van der Waals surface area contributed by atoms with E-state index in [0.717, 1.165) is 129 Å². The van der Waals surface area contributed by atoms with Crippen LogP contribution < -0.4 is 0 Å². The molecule has 4 aromatic carbocycles. The number of carbonyl (C=O) groups excluding carboxylic acids is 2. The van der Waals surface area contributed by atoms with Gasteiger partial charge in [-0.05, 0) is 128 Å². The molecular weight excluding hydrogens is 781 g/mol. The zero-order valence-electron chi connectivity index (χ0n) is 36.5. The number of likely N-dealkylation sites (N-methyl/N-ethyl adjacent to an activating group) is 2. The van der Waals surface area contributed by atoms with Gasteiger partial charge >= 0.3 is 0 Å². The van der Waals surface area contributed by atoms with E-state index < -0.39 is 0 Å². The predicted molar refractivity (Wildman–Crippen MR) is 246 cm³/mol. The first kappa shape index (κ1) is 40.0. The second-order valence-corrected chi connectivity index (χ2v) is 18.4. The maximum atomic E-state index is 14.5. The first-order valence-electron chi connectivity index (χ1n) is 23.6. The van der Waals surface area contributed by atoms with E-state index in [2.05, 4.69) is 104 Å². The van der Waals surface area contributed by atoms with Crippen molar-refractivity contribution in [3.63, 3.8) is 0 Å². The molecule has 2 amide bonds. The summed E-state index contributed by atoms with van der Waals surface area (Å²) in [4.78, 5) is 55.2. The highest BCUT2D eigenvalue weighted by Crippen LogP contribution is 2.43. The van der Waals surface area contributed by atoms with E-state index in [1.165, 1.54) is 22.3 Å². The van der Waals surface area contributed by atoms with Gasteiger partial charge in [0.25, 0.3) is 0 Å². The molecule has 2 aromatic heterocycles. The highest BCUT2D eigenvalue weighted by atomic mass is 16.2. The molecule has 0 radical (unpaired) electrons. The number of carbonyl (C=O) groups is 2. The third kappa shape index (κ3) is 7.50. The predicted octanol–water partition coefficient (Wildman–Crippen LogP) is 9.82. The maximum absolute atomic E-state index is 14.5. The molecule has 4 heterocycles. The summed E-state index contributed by atoms with van der Waals surface area (Å²) in [5.41, 5.74) is 11.4. The van der Waals surface area contributed by atoms with Crippen molar-refractivity contribution >= 4 is 11.8 Å². The van der Waals surface area contributed by atoms with Gasteiger partial charge in [-0.2, -0.15) is 0 Å². The Morgan fingerprint density at radius 2 is 1.03 bits per heavy atom. The molecule has 322 valence electrons. The van der Waals surface area contributed by atoms with Gasteiger partial charge in [-0.25, -0.2) is 9.97 Å². The SMILES string of the molecule is CCN(C1CC1)[C@H](C(=O)N1CCC[C@@H]1c1ncc(-c2ccc3c(c2)Cc2cc(-c4cnc([C@H]5CCCN5C(=O)[C@H](c5ccccc5)N(CC)C5CC5)[nH]4)ccc2-3)[nH]1)c1ccccc1. The summed E-state index contributed by atoms with van der Waals surface area (Å²) in [5, 5.41) is 0. The van der Waals surface area contributed by atoms with Gasteiger partial charge in [0.2, 0.25) is 11.8 Å². The van der Waals surface area contributed by atoms with Crippen molar-refractivity contribution in [1.82, 2.24) is 39.5 Å². The van der Waals surface area contributed by atoms with Gasteiger partial charge in [-0.3, -0.25) is 19.4 Å². The topological polar surface area (TPSA) is 104 Å². The highest BCUT2D eigenvalue weighted by molar-refractivity contribution is 5.85. The minimum absolute atomic E-state index is 0.0716. The van der Waals surface area contributed by atoms with Crippen LogP contribution in [0.3, 0.4) is 0 Å². The third-order valence-electron chi connectivity index (χ3n) is 14.5.